The largest absolute Gasteiger partial charge is 0.369 e. The summed E-state index contributed by atoms with van der Waals surface area (Å²) in [6.45, 7) is 4.51. The maximum atomic E-state index is 14.2. The number of nitrogens with one attached hydrogen (secondary N) is 2. The van der Waals surface area contributed by atoms with Crippen molar-refractivity contribution in [2.24, 2.45) is 11.7 Å². The number of pyridine rings is 1. The van der Waals surface area contributed by atoms with Gasteiger partial charge in [0.2, 0.25) is 11.7 Å². The van der Waals surface area contributed by atoms with Crippen molar-refractivity contribution in [3.8, 4) is 0 Å². The Hall–Kier alpha value is -3.43. The van der Waals surface area contributed by atoms with Gasteiger partial charge >= 0.3 is 5.69 Å². The molecule has 1 aliphatic rings. The first kappa shape index (κ1) is 21.3. The molecule has 9 nitrogen and oxygen atoms in total. The molecule has 0 saturated carbocycles. The lowest BCUT2D eigenvalue weighted by molar-refractivity contribution is -0.384. The highest BCUT2D eigenvalue weighted by molar-refractivity contribution is 5.78. The van der Waals surface area contributed by atoms with Crippen LogP contribution in [0.4, 0.5) is 33.1 Å². The van der Waals surface area contributed by atoms with Gasteiger partial charge in [0.1, 0.15) is 12.0 Å². The minimum atomic E-state index is -1.31. The van der Waals surface area contributed by atoms with Crippen molar-refractivity contribution in [1.82, 2.24) is 4.98 Å². The van der Waals surface area contributed by atoms with Crippen molar-refractivity contribution in [2.75, 3.05) is 28.6 Å². The van der Waals surface area contributed by atoms with Crippen molar-refractivity contribution < 1.29 is 14.1 Å². The van der Waals surface area contributed by atoms with E-state index in [2.05, 4.69) is 15.6 Å². The van der Waals surface area contributed by atoms with Gasteiger partial charge in [0.05, 0.1) is 10.8 Å². The number of primary amides is 1. The lowest BCUT2D eigenvalue weighted by Crippen LogP contribution is -2.46. The number of halogens is 1. The van der Waals surface area contributed by atoms with Gasteiger partial charge in [-0.15, -0.1) is 0 Å². The molecule has 1 fully saturated rings. The van der Waals surface area contributed by atoms with E-state index in [1.54, 1.807) is 30.3 Å². The molecule has 2 atom stereocenters. The predicted octanol–water partition coefficient (Wildman–Crippen LogP) is 3.20. The third-order valence-electron chi connectivity index (χ3n) is 4.91. The fourth-order valence-electron chi connectivity index (χ4n) is 3.42. The van der Waals surface area contributed by atoms with E-state index in [0.29, 0.717) is 24.5 Å². The number of amides is 1. The number of anilines is 4. The summed E-state index contributed by atoms with van der Waals surface area (Å²) >= 11 is 0. The summed E-state index contributed by atoms with van der Waals surface area (Å²) in [7, 11) is 0. The molecule has 1 aromatic carbocycles. The van der Waals surface area contributed by atoms with Gasteiger partial charge in [-0.25, -0.2) is 9.37 Å². The molecule has 2 aromatic rings. The number of hydrogen-bond donors (Lipinski definition) is 3. The Kier molecular flexibility index (Phi) is 6.34. The first-order valence-corrected chi connectivity index (χ1v) is 9.72. The van der Waals surface area contributed by atoms with Gasteiger partial charge in [-0.3, -0.25) is 14.9 Å². The molecule has 0 aliphatic carbocycles. The molecule has 4 N–H and O–H groups in total. The second kappa shape index (κ2) is 8.93. The number of hydrogen-bond acceptors (Lipinski definition) is 7. The fraction of sp³-hybridized carbons (Fsp3) is 0.400. The highest BCUT2D eigenvalue weighted by Gasteiger charge is 2.33. The highest BCUT2D eigenvalue weighted by Crippen LogP contribution is 2.30. The number of aromatic nitrogens is 1. The van der Waals surface area contributed by atoms with E-state index in [0.717, 1.165) is 5.69 Å². The summed E-state index contributed by atoms with van der Waals surface area (Å²) in [5.74, 6) is -0.698. The summed E-state index contributed by atoms with van der Waals surface area (Å²) < 4.78 is 14.2. The van der Waals surface area contributed by atoms with Gasteiger partial charge in [0.25, 0.3) is 0 Å². The summed E-state index contributed by atoms with van der Waals surface area (Å²) in [5.41, 5.74) is 6.51. The van der Waals surface area contributed by atoms with Gasteiger partial charge in [-0.2, -0.15) is 0 Å². The average Bonchev–Trinajstić information content (AvgIpc) is 2.67. The molecule has 160 valence electrons. The van der Waals surface area contributed by atoms with E-state index in [1.807, 2.05) is 18.7 Å². The maximum absolute atomic E-state index is 14.2. The molecular formula is C20H25FN6O3. The van der Waals surface area contributed by atoms with Gasteiger partial charge in [-0.1, -0.05) is 0 Å². The second-order valence-corrected chi connectivity index (χ2v) is 7.55. The molecule has 0 radical (unpaired) electrons. The van der Waals surface area contributed by atoms with E-state index >= 15 is 0 Å². The molecule has 0 bridgehead atoms. The third-order valence-corrected chi connectivity index (χ3v) is 4.91. The van der Waals surface area contributed by atoms with Crippen LogP contribution in [0.3, 0.4) is 0 Å². The molecule has 2 unspecified atom stereocenters. The minimum Gasteiger partial charge on any atom is -0.369 e. The van der Waals surface area contributed by atoms with Crippen LogP contribution in [0, 0.1) is 16.0 Å². The molecule has 3 rings (SSSR count). The van der Waals surface area contributed by atoms with Crippen LogP contribution in [0.5, 0.6) is 0 Å². The Morgan fingerprint density at radius 3 is 2.57 bits per heavy atom. The molecule has 0 spiro atoms. The number of carbonyl (C=O) groups excluding carboxylic acids is 1. The maximum Gasteiger partial charge on any atom is 0.311 e. The van der Waals surface area contributed by atoms with Crippen LogP contribution in [-0.4, -0.2) is 41.1 Å². The molecular weight excluding hydrogens is 391 g/mol. The van der Waals surface area contributed by atoms with Gasteiger partial charge in [0, 0.05) is 36.6 Å². The zero-order valence-corrected chi connectivity index (χ0v) is 16.8. The van der Waals surface area contributed by atoms with Crippen LogP contribution in [0.15, 0.2) is 36.4 Å². The normalized spacial score (nSPS) is 18.9. The van der Waals surface area contributed by atoms with Crippen molar-refractivity contribution in [3.63, 3.8) is 0 Å². The highest BCUT2D eigenvalue weighted by atomic mass is 19.1. The van der Waals surface area contributed by atoms with Crippen molar-refractivity contribution >= 4 is 34.6 Å². The minimum absolute atomic E-state index is 0.0936. The molecule has 1 aromatic heterocycles. The van der Waals surface area contributed by atoms with Crippen LogP contribution >= 0.6 is 0 Å². The lowest BCUT2D eigenvalue weighted by Gasteiger charge is -2.34. The number of carbonyl (C=O) groups is 1. The fourth-order valence-corrected chi connectivity index (χ4v) is 3.42. The molecule has 2 heterocycles. The van der Waals surface area contributed by atoms with Crippen molar-refractivity contribution in [1.29, 1.82) is 0 Å². The number of nitro groups is 1. The van der Waals surface area contributed by atoms with E-state index in [1.165, 1.54) is 6.07 Å². The van der Waals surface area contributed by atoms with Crippen LogP contribution < -0.4 is 21.3 Å². The molecule has 1 saturated heterocycles. The SMILES string of the molecule is CC(C)Nc1ccc([N+](=O)[O-])c(Nc2ccc(N3CCC(C(N)=O)C(F)C3)cc2)n1. The number of benzene rings is 1. The second-order valence-electron chi connectivity index (χ2n) is 7.55. The van der Waals surface area contributed by atoms with Crippen LogP contribution in [-0.2, 0) is 4.79 Å². The monoisotopic (exact) mass is 416 g/mol. The Morgan fingerprint density at radius 1 is 1.30 bits per heavy atom. The van der Waals surface area contributed by atoms with Gasteiger partial charge in [-0.05, 0) is 50.6 Å². The molecule has 30 heavy (non-hydrogen) atoms. The van der Waals surface area contributed by atoms with Gasteiger partial charge in [0.15, 0.2) is 0 Å². The number of nitrogens with two attached hydrogens (primary N) is 1. The van der Waals surface area contributed by atoms with Crippen LogP contribution in [0.25, 0.3) is 0 Å². The number of rotatable bonds is 7. The zero-order chi connectivity index (χ0) is 21.8. The Labute approximate surface area is 173 Å². The summed E-state index contributed by atoms with van der Waals surface area (Å²) in [4.78, 5) is 28.3. The smallest absolute Gasteiger partial charge is 0.311 e. The third kappa shape index (κ3) is 4.94. The van der Waals surface area contributed by atoms with Crippen molar-refractivity contribution in [2.45, 2.75) is 32.5 Å². The predicted molar refractivity (Wildman–Crippen MR) is 114 cm³/mol. The first-order valence-electron chi connectivity index (χ1n) is 9.72. The summed E-state index contributed by atoms with van der Waals surface area (Å²) in [6, 6.07) is 10.2. The number of alkyl halides is 1. The topological polar surface area (TPSA) is 126 Å². The Balaban J connectivity index is 1.74. The average molecular weight is 416 g/mol. The Bertz CT molecular complexity index is 921. The number of nitrogens with zero attached hydrogens (tertiary/aromatic N) is 3. The van der Waals surface area contributed by atoms with E-state index in [4.69, 9.17) is 5.73 Å². The van der Waals surface area contributed by atoms with E-state index in [9.17, 15) is 19.3 Å². The van der Waals surface area contributed by atoms with Crippen LogP contribution in [0.1, 0.15) is 20.3 Å². The number of piperidine rings is 1. The van der Waals surface area contributed by atoms with Crippen LogP contribution in [0.2, 0.25) is 0 Å². The molecule has 1 aliphatic heterocycles. The van der Waals surface area contributed by atoms with E-state index in [-0.39, 0.29) is 24.1 Å². The molecule has 10 heteroatoms. The zero-order valence-electron chi connectivity index (χ0n) is 16.8. The quantitative estimate of drug-likeness (QED) is 0.467. The Morgan fingerprint density at radius 2 is 2.00 bits per heavy atom. The first-order chi connectivity index (χ1) is 14.2. The van der Waals surface area contributed by atoms with Crippen molar-refractivity contribution in [3.05, 3.63) is 46.5 Å². The van der Waals surface area contributed by atoms with E-state index < -0.39 is 22.9 Å². The van der Waals surface area contributed by atoms with Gasteiger partial charge < -0.3 is 21.3 Å². The standard InChI is InChI=1S/C20H25FN6O3/c1-12(2)23-18-8-7-17(27(29)30)20(25-18)24-13-3-5-14(6-4-13)26-10-9-15(19(22)28)16(21)11-26/h3-8,12,15-16H,9-11H2,1-2H3,(H2,22,28)(H2,23,24,25). The summed E-state index contributed by atoms with van der Waals surface area (Å²) in [5, 5.41) is 17.4. The summed E-state index contributed by atoms with van der Waals surface area (Å²) in [6.07, 6.45) is -0.945. The molecule has 1 amide bonds. The lowest BCUT2D eigenvalue weighted by atomic mass is 9.94.